The van der Waals surface area contributed by atoms with Crippen LogP contribution in [0, 0.1) is 0 Å². The first-order valence-electron chi connectivity index (χ1n) is 10.9. The van der Waals surface area contributed by atoms with E-state index in [0.717, 1.165) is 0 Å². The summed E-state index contributed by atoms with van der Waals surface area (Å²) in [4.78, 5) is 21.2. The molecule has 2 aliphatic rings. The Bertz CT molecular complexity index is 1130. The van der Waals surface area contributed by atoms with E-state index in [2.05, 4.69) is 15.3 Å². The molecule has 1 saturated carbocycles. The van der Waals surface area contributed by atoms with Gasteiger partial charge in [0.05, 0.1) is 23.1 Å². The molecule has 2 fully saturated rings. The normalized spacial score (nSPS) is 21.3. The van der Waals surface area contributed by atoms with Crippen molar-refractivity contribution in [1.29, 1.82) is 0 Å². The van der Waals surface area contributed by atoms with Gasteiger partial charge in [-0.2, -0.15) is 4.31 Å². The number of aromatic amines is 1. The van der Waals surface area contributed by atoms with Crippen molar-refractivity contribution in [2.75, 3.05) is 32.7 Å². The molecule has 0 bridgehead atoms. The van der Waals surface area contributed by atoms with Crippen LogP contribution in [0.25, 0.3) is 0 Å². The van der Waals surface area contributed by atoms with E-state index in [9.17, 15) is 22.0 Å². The molecular formula is C21H25Cl2F2N5O3S. The summed E-state index contributed by atoms with van der Waals surface area (Å²) >= 11 is 12.0. The zero-order valence-corrected chi connectivity index (χ0v) is 20.6. The zero-order valence-electron chi connectivity index (χ0n) is 18.2. The van der Waals surface area contributed by atoms with Gasteiger partial charge in [0.25, 0.3) is 15.9 Å². The number of carbonyl (C=O) groups is 1. The zero-order chi connectivity index (χ0) is 24.6. The number of nitrogens with one attached hydrogen (secondary N) is 2. The van der Waals surface area contributed by atoms with E-state index in [4.69, 9.17) is 23.2 Å². The number of hydrogen-bond acceptors (Lipinski definition) is 5. The maximum absolute atomic E-state index is 14.0. The molecule has 1 aromatic carbocycles. The number of rotatable bonds is 6. The lowest BCUT2D eigenvalue weighted by Gasteiger charge is -2.50. The molecule has 1 aliphatic carbocycles. The topological polar surface area (TPSA) is 98.4 Å². The number of aromatic nitrogens is 2. The summed E-state index contributed by atoms with van der Waals surface area (Å²) < 4.78 is 54.9. The fourth-order valence-electron chi connectivity index (χ4n) is 4.63. The third-order valence-corrected chi connectivity index (χ3v) is 9.04. The van der Waals surface area contributed by atoms with Gasteiger partial charge in [-0.25, -0.2) is 22.2 Å². The molecule has 2 aromatic rings. The van der Waals surface area contributed by atoms with Crippen LogP contribution in [-0.2, 0) is 10.0 Å². The number of nitrogens with zero attached hydrogens (tertiary/aromatic N) is 3. The van der Waals surface area contributed by atoms with Crippen molar-refractivity contribution in [3.63, 3.8) is 0 Å². The summed E-state index contributed by atoms with van der Waals surface area (Å²) in [5.74, 6) is -3.17. The molecule has 2 N–H and O–H groups in total. The lowest BCUT2D eigenvalue weighted by molar-refractivity contribution is -0.0856. The molecule has 2 heterocycles. The van der Waals surface area contributed by atoms with E-state index in [1.807, 2.05) is 4.90 Å². The van der Waals surface area contributed by atoms with Crippen LogP contribution in [0.1, 0.15) is 36.0 Å². The van der Waals surface area contributed by atoms with Gasteiger partial charge >= 0.3 is 0 Å². The van der Waals surface area contributed by atoms with E-state index in [0.29, 0.717) is 18.1 Å². The Hall–Kier alpha value is -1.79. The summed E-state index contributed by atoms with van der Waals surface area (Å²) in [7, 11) is -3.71. The summed E-state index contributed by atoms with van der Waals surface area (Å²) in [6, 6.07) is 4.54. The maximum Gasteiger partial charge on any atom is 0.260 e. The summed E-state index contributed by atoms with van der Waals surface area (Å²) in [5, 5.41) is 3.47. The monoisotopic (exact) mass is 535 g/mol. The number of piperazine rings is 1. The predicted octanol–water partition coefficient (Wildman–Crippen LogP) is 3.40. The largest absolute Gasteiger partial charge is 0.350 e. The van der Waals surface area contributed by atoms with E-state index in [1.165, 1.54) is 29.0 Å². The smallest absolute Gasteiger partial charge is 0.260 e. The highest BCUT2D eigenvalue weighted by molar-refractivity contribution is 7.89. The second-order valence-corrected chi connectivity index (χ2v) is 11.4. The Balaban J connectivity index is 1.47. The third-order valence-electron chi connectivity index (χ3n) is 6.67. The number of benzene rings is 1. The molecule has 1 aromatic heterocycles. The highest BCUT2D eigenvalue weighted by atomic mass is 35.5. The van der Waals surface area contributed by atoms with Crippen LogP contribution in [0.3, 0.4) is 0 Å². The van der Waals surface area contributed by atoms with Crippen LogP contribution in [0.5, 0.6) is 0 Å². The second kappa shape index (κ2) is 9.69. The molecule has 0 spiro atoms. The lowest BCUT2D eigenvalue weighted by Crippen LogP contribution is -2.63. The highest BCUT2D eigenvalue weighted by Gasteiger charge is 2.48. The molecule has 13 heteroatoms. The minimum Gasteiger partial charge on any atom is -0.350 e. The Labute approximate surface area is 206 Å². The molecule has 0 atom stereocenters. The van der Waals surface area contributed by atoms with Gasteiger partial charge in [-0.3, -0.25) is 9.69 Å². The first kappa shape index (κ1) is 25.3. The number of sulfonamides is 1. The predicted molar refractivity (Wildman–Crippen MR) is 124 cm³/mol. The van der Waals surface area contributed by atoms with Gasteiger partial charge in [0.15, 0.2) is 5.03 Å². The number of hydrogen-bond donors (Lipinski definition) is 2. The Morgan fingerprint density at radius 2 is 1.79 bits per heavy atom. The molecule has 1 saturated heterocycles. The summed E-state index contributed by atoms with van der Waals surface area (Å²) in [6.45, 7) is 1.27. The molecule has 1 amide bonds. The molecular weight excluding hydrogens is 511 g/mol. The van der Waals surface area contributed by atoms with Gasteiger partial charge < -0.3 is 10.3 Å². The first-order valence-corrected chi connectivity index (χ1v) is 13.1. The number of carbonyl (C=O) groups excluding carboxylic acids is 1. The van der Waals surface area contributed by atoms with Crippen molar-refractivity contribution in [2.24, 2.45) is 0 Å². The molecule has 186 valence electrons. The van der Waals surface area contributed by atoms with Crippen molar-refractivity contribution >= 4 is 39.1 Å². The van der Waals surface area contributed by atoms with Crippen molar-refractivity contribution in [1.82, 2.24) is 24.5 Å². The number of H-pyrrole nitrogens is 1. The Kier molecular flexibility index (Phi) is 7.21. The van der Waals surface area contributed by atoms with Crippen molar-refractivity contribution in [3.05, 3.63) is 46.3 Å². The minimum absolute atomic E-state index is 0.0140. The van der Waals surface area contributed by atoms with Gasteiger partial charge in [0.2, 0.25) is 5.92 Å². The average molecular weight is 536 g/mol. The van der Waals surface area contributed by atoms with E-state index < -0.39 is 27.4 Å². The molecule has 4 rings (SSSR count). The number of alkyl halides is 2. The third kappa shape index (κ3) is 5.23. The average Bonchev–Trinajstić information content (AvgIpc) is 3.35. The summed E-state index contributed by atoms with van der Waals surface area (Å²) in [6.07, 6.45) is 2.33. The molecule has 34 heavy (non-hydrogen) atoms. The Morgan fingerprint density at radius 1 is 1.12 bits per heavy atom. The number of halogens is 4. The molecule has 1 aliphatic heterocycles. The van der Waals surface area contributed by atoms with E-state index in [1.54, 1.807) is 6.07 Å². The van der Waals surface area contributed by atoms with Crippen LogP contribution in [0.2, 0.25) is 10.0 Å². The van der Waals surface area contributed by atoms with Gasteiger partial charge in [-0.15, -0.1) is 0 Å². The highest BCUT2D eigenvalue weighted by Crippen LogP contribution is 2.42. The molecule has 0 unspecified atom stereocenters. The van der Waals surface area contributed by atoms with Crippen molar-refractivity contribution in [2.45, 2.75) is 42.2 Å². The quantitative estimate of drug-likeness (QED) is 0.590. The summed E-state index contributed by atoms with van der Waals surface area (Å²) in [5.41, 5.74) is -0.460. The standard InChI is InChI=1S/C21H25Cl2F2N5O3S/c22-15-1-2-16(17(23)11-15)19(31)27-13-20(3-5-21(24,25)6-4-20)29-7-9-30(10-8-29)34(32,33)18-12-26-14-28-18/h1-2,11-12,14H,3-10,13H2,(H,26,28)(H,27,31). The van der Waals surface area contributed by atoms with Crippen LogP contribution >= 0.6 is 23.2 Å². The van der Waals surface area contributed by atoms with E-state index in [-0.39, 0.29) is 60.9 Å². The maximum atomic E-state index is 14.0. The number of amides is 1. The van der Waals surface area contributed by atoms with Gasteiger partial charge in [0.1, 0.15) is 0 Å². The van der Waals surface area contributed by atoms with E-state index >= 15 is 0 Å². The fraction of sp³-hybridized carbons (Fsp3) is 0.524. The minimum atomic E-state index is -3.71. The first-order chi connectivity index (χ1) is 16.0. The fourth-order valence-corrected chi connectivity index (χ4v) is 6.44. The Morgan fingerprint density at radius 3 is 2.38 bits per heavy atom. The van der Waals surface area contributed by atoms with Crippen LogP contribution in [0.15, 0.2) is 35.7 Å². The van der Waals surface area contributed by atoms with Crippen LogP contribution in [0.4, 0.5) is 8.78 Å². The van der Waals surface area contributed by atoms with Gasteiger partial charge in [-0.05, 0) is 31.0 Å². The number of imidazole rings is 1. The van der Waals surface area contributed by atoms with Gasteiger partial charge in [0, 0.05) is 56.1 Å². The molecule has 0 radical (unpaired) electrons. The van der Waals surface area contributed by atoms with Crippen LogP contribution in [-0.4, -0.2) is 77.7 Å². The van der Waals surface area contributed by atoms with Crippen molar-refractivity contribution in [3.8, 4) is 0 Å². The van der Waals surface area contributed by atoms with Crippen molar-refractivity contribution < 1.29 is 22.0 Å². The van der Waals surface area contributed by atoms with Gasteiger partial charge in [-0.1, -0.05) is 23.2 Å². The van der Waals surface area contributed by atoms with Crippen LogP contribution < -0.4 is 5.32 Å². The SMILES string of the molecule is O=C(NCC1(N2CCN(S(=O)(=O)c3cnc[nH]3)CC2)CCC(F)(F)CC1)c1ccc(Cl)cc1Cl. The second-order valence-electron chi connectivity index (χ2n) is 8.69. The lowest BCUT2D eigenvalue weighted by atomic mass is 9.78. The molecule has 8 nitrogen and oxygen atoms in total.